The van der Waals surface area contributed by atoms with Gasteiger partial charge in [-0.25, -0.2) is 0 Å². The van der Waals surface area contributed by atoms with E-state index in [9.17, 15) is 0 Å². The molecule has 0 radical (unpaired) electrons. The van der Waals surface area contributed by atoms with E-state index in [0.717, 1.165) is 17.1 Å². The lowest BCUT2D eigenvalue weighted by atomic mass is 9.68. The molecule has 0 atom stereocenters. The molecule has 15 rings (SSSR count). The van der Waals surface area contributed by atoms with Gasteiger partial charge in [-0.2, -0.15) is 0 Å². The molecule has 0 unspecified atom stereocenters. The highest BCUT2D eigenvalue weighted by atomic mass is 15.1. The first-order valence-electron chi connectivity index (χ1n) is 24.2. The number of hydrogen-bond acceptors (Lipinski definition) is 1. The summed E-state index contributed by atoms with van der Waals surface area (Å²) in [4.78, 5) is 2.44. The Morgan fingerprint density at radius 2 is 0.464 bits per heavy atom. The summed E-state index contributed by atoms with van der Waals surface area (Å²) in [7, 11) is 0. The Kier molecular flexibility index (Phi) is 7.98. The largest absolute Gasteiger partial charge is 0.310 e. The number of nitrogens with zero attached hydrogens (tertiary/aromatic N) is 1. The minimum Gasteiger partial charge on any atom is -0.310 e. The predicted molar refractivity (Wildman–Crippen MR) is 285 cm³/mol. The normalized spacial score (nSPS) is 14.0. The maximum atomic E-state index is 2.44. The lowest BCUT2D eigenvalue weighted by molar-refractivity contribution is 0.795. The van der Waals surface area contributed by atoms with Gasteiger partial charge in [0.1, 0.15) is 0 Å². The molecular weight excluding hydrogens is 831 g/mol. The molecular formula is C68H43N. The summed E-state index contributed by atoms with van der Waals surface area (Å²) in [6.45, 7) is 0. The third-order valence-electron chi connectivity index (χ3n) is 15.9. The van der Waals surface area contributed by atoms with Gasteiger partial charge in [-0.3, -0.25) is 0 Å². The van der Waals surface area contributed by atoms with Crippen LogP contribution in [-0.2, 0) is 10.8 Å². The Morgan fingerprint density at radius 1 is 0.203 bits per heavy atom. The van der Waals surface area contributed by atoms with Crippen LogP contribution in [0.1, 0.15) is 44.5 Å². The van der Waals surface area contributed by atoms with Crippen molar-refractivity contribution in [3.63, 3.8) is 0 Å². The molecule has 320 valence electrons. The highest BCUT2D eigenvalue weighted by Crippen LogP contribution is 2.66. The van der Waals surface area contributed by atoms with E-state index in [4.69, 9.17) is 0 Å². The van der Waals surface area contributed by atoms with Crippen LogP contribution >= 0.6 is 0 Å². The summed E-state index contributed by atoms with van der Waals surface area (Å²) in [5.74, 6) is 0. The zero-order chi connectivity index (χ0) is 45.3. The Hall–Kier alpha value is -8.78. The lowest BCUT2D eigenvalue weighted by Gasteiger charge is -2.33. The van der Waals surface area contributed by atoms with E-state index in [1.54, 1.807) is 0 Å². The smallest absolute Gasteiger partial charge is 0.0731 e. The summed E-state index contributed by atoms with van der Waals surface area (Å²) in [5, 5.41) is 0. The molecule has 1 heteroatoms. The maximum Gasteiger partial charge on any atom is 0.0731 e. The van der Waals surface area contributed by atoms with Crippen molar-refractivity contribution >= 4 is 17.1 Å². The Labute approximate surface area is 402 Å². The second kappa shape index (κ2) is 14.4. The zero-order valence-corrected chi connectivity index (χ0v) is 37.8. The fraction of sp³-hybridized carbons (Fsp3) is 0.0294. The Balaban J connectivity index is 0.926. The average Bonchev–Trinajstić information content (AvgIpc) is 4.11. The van der Waals surface area contributed by atoms with Crippen molar-refractivity contribution < 1.29 is 0 Å². The molecule has 0 amide bonds. The third kappa shape index (κ3) is 4.98. The Morgan fingerprint density at radius 3 is 0.826 bits per heavy atom. The van der Waals surface area contributed by atoms with Crippen LogP contribution in [0.15, 0.2) is 261 Å². The highest BCUT2D eigenvalue weighted by molar-refractivity contribution is 6.01. The van der Waals surface area contributed by atoms with E-state index in [1.807, 2.05) is 0 Å². The summed E-state index contributed by atoms with van der Waals surface area (Å²) in [6, 6.07) is 97.8. The molecule has 4 aliphatic rings. The summed E-state index contributed by atoms with van der Waals surface area (Å²) < 4.78 is 0. The number of rotatable bonds is 5. The predicted octanol–water partition coefficient (Wildman–Crippen LogP) is 17.2. The molecule has 1 nitrogen and oxygen atoms in total. The second-order valence-corrected chi connectivity index (χ2v) is 19.0. The SMILES string of the molecule is c1ccc(N(c2cccc(-c3cccc4c3C3(c5ccccc5-c5ccccc53)c3ccccc3-4)c2)c2cccc(-c3cccc4c3C3(c5ccccc5-c5ccccc53)c3ccccc3-4)c2)cc1. The van der Waals surface area contributed by atoms with Crippen LogP contribution in [-0.4, -0.2) is 0 Å². The fourth-order valence-corrected chi connectivity index (χ4v) is 13.4. The first-order valence-corrected chi connectivity index (χ1v) is 24.2. The number of anilines is 3. The number of para-hydroxylation sites is 1. The first kappa shape index (κ1) is 38.3. The molecule has 0 N–H and O–H groups in total. The number of benzene rings is 11. The van der Waals surface area contributed by atoms with Gasteiger partial charge >= 0.3 is 0 Å². The van der Waals surface area contributed by atoms with Gasteiger partial charge < -0.3 is 4.90 Å². The molecule has 0 bridgehead atoms. The summed E-state index contributed by atoms with van der Waals surface area (Å²) in [6.07, 6.45) is 0. The van der Waals surface area contributed by atoms with Crippen LogP contribution in [0.25, 0.3) is 66.8 Å². The van der Waals surface area contributed by atoms with Gasteiger partial charge in [-0.15, -0.1) is 0 Å². The first-order chi connectivity index (χ1) is 34.3. The molecule has 0 aromatic heterocycles. The molecule has 0 heterocycles. The average molecular weight is 874 g/mol. The zero-order valence-electron chi connectivity index (χ0n) is 37.8. The third-order valence-corrected chi connectivity index (χ3v) is 15.9. The quantitative estimate of drug-likeness (QED) is 0.167. The number of fused-ring (bicyclic) bond motifs is 20. The van der Waals surface area contributed by atoms with Crippen LogP contribution in [0.3, 0.4) is 0 Å². The van der Waals surface area contributed by atoms with Crippen molar-refractivity contribution in [1.82, 2.24) is 0 Å². The van der Waals surface area contributed by atoms with Gasteiger partial charge in [0.15, 0.2) is 0 Å². The van der Waals surface area contributed by atoms with Gasteiger partial charge in [-0.05, 0) is 148 Å². The van der Waals surface area contributed by atoms with Gasteiger partial charge in [-0.1, -0.05) is 224 Å². The molecule has 11 aromatic carbocycles. The Bertz CT molecular complexity index is 3570. The fourth-order valence-electron chi connectivity index (χ4n) is 13.4. The van der Waals surface area contributed by atoms with E-state index in [1.165, 1.54) is 111 Å². The van der Waals surface area contributed by atoms with Crippen molar-refractivity contribution in [3.8, 4) is 66.8 Å². The van der Waals surface area contributed by atoms with E-state index in [2.05, 4.69) is 266 Å². The molecule has 0 aliphatic heterocycles. The second-order valence-electron chi connectivity index (χ2n) is 19.0. The van der Waals surface area contributed by atoms with Crippen molar-refractivity contribution in [2.75, 3.05) is 4.90 Å². The van der Waals surface area contributed by atoms with E-state index in [0.29, 0.717) is 0 Å². The van der Waals surface area contributed by atoms with Gasteiger partial charge in [0.25, 0.3) is 0 Å². The van der Waals surface area contributed by atoms with Gasteiger partial charge in [0.05, 0.1) is 10.8 Å². The summed E-state index contributed by atoms with van der Waals surface area (Å²) in [5.41, 5.74) is 28.6. The van der Waals surface area contributed by atoms with E-state index < -0.39 is 10.8 Å². The molecule has 0 fully saturated rings. The van der Waals surface area contributed by atoms with Gasteiger partial charge in [0, 0.05) is 17.1 Å². The van der Waals surface area contributed by atoms with Crippen LogP contribution in [0.4, 0.5) is 17.1 Å². The van der Waals surface area contributed by atoms with E-state index in [-0.39, 0.29) is 0 Å². The molecule has 11 aromatic rings. The lowest BCUT2D eigenvalue weighted by Crippen LogP contribution is -2.26. The van der Waals surface area contributed by atoms with Crippen LogP contribution in [0.2, 0.25) is 0 Å². The molecule has 0 saturated heterocycles. The monoisotopic (exact) mass is 873 g/mol. The molecule has 0 saturated carbocycles. The van der Waals surface area contributed by atoms with Crippen molar-refractivity contribution in [2.24, 2.45) is 0 Å². The molecule has 2 spiro atoms. The van der Waals surface area contributed by atoms with Gasteiger partial charge in [0.2, 0.25) is 0 Å². The highest BCUT2D eigenvalue weighted by Gasteiger charge is 2.54. The van der Waals surface area contributed by atoms with Crippen molar-refractivity contribution in [2.45, 2.75) is 10.8 Å². The van der Waals surface area contributed by atoms with Crippen LogP contribution < -0.4 is 4.90 Å². The van der Waals surface area contributed by atoms with Crippen LogP contribution in [0.5, 0.6) is 0 Å². The topological polar surface area (TPSA) is 3.24 Å². The summed E-state index contributed by atoms with van der Waals surface area (Å²) >= 11 is 0. The maximum absolute atomic E-state index is 2.44. The molecule has 4 aliphatic carbocycles. The molecule has 69 heavy (non-hydrogen) atoms. The standard InChI is InChI=1S/C68H43N/c1-2-22-46(23-3-1)69(47-24-16-20-44(42-47)49-32-18-34-57-55-30-8-14-40-63(55)67(65(49)57)59-36-10-4-26-51(59)52-27-5-11-37-60(52)67)48-25-17-21-45(43-48)50-33-19-35-58-56-31-9-15-41-64(56)68(66(50)58)61-38-12-6-28-53(61)54-29-7-13-39-62(54)68/h1-43H. The van der Waals surface area contributed by atoms with Crippen molar-refractivity contribution in [3.05, 3.63) is 305 Å². The number of hydrogen-bond donors (Lipinski definition) is 0. The minimum absolute atomic E-state index is 0.452. The van der Waals surface area contributed by atoms with E-state index >= 15 is 0 Å². The van der Waals surface area contributed by atoms with Crippen LogP contribution in [0, 0.1) is 0 Å². The van der Waals surface area contributed by atoms with Crippen molar-refractivity contribution in [1.29, 1.82) is 0 Å². The minimum atomic E-state index is -0.452.